The Morgan fingerprint density at radius 2 is 1.81 bits per heavy atom. The summed E-state index contributed by atoms with van der Waals surface area (Å²) in [5.41, 5.74) is 3.22. The summed E-state index contributed by atoms with van der Waals surface area (Å²) in [6, 6.07) is 5.93. The second-order valence-electron chi connectivity index (χ2n) is 6.69. The van der Waals surface area contributed by atoms with Gasteiger partial charge in [0.1, 0.15) is 6.10 Å². The third-order valence-electron chi connectivity index (χ3n) is 5.05. The fourth-order valence-corrected chi connectivity index (χ4v) is 3.77. The number of ether oxygens (including phenoxy) is 4. The van der Waals surface area contributed by atoms with Crippen molar-refractivity contribution in [3.05, 3.63) is 34.9 Å². The molecule has 1 saturated heterocycles. The minimum atomic E-state index is -0.289. The van der Waals surface area contributed by atoms with Crippen molar-refractivity contribution in [2.24, 2.45) is 0 Å². The van der Waals surface area contributed by atoms with E-state index in [9.17, 15) is 4.79 Å². The van der Waals surface area contributed by atoms with Crippen LogP contribution in [0.4, 0.5) is 0 Å². The van der Waals surface area contributed by atoms with Crippen molar-refractivity contribution in [3.63, 3.8) is 0 Å². The van der Waals surface area contributed by atoms with Crippen LogP contribution in [0.5, 0.6) is 0 Å². The Balaban J connectivity index is 0.00000118. The van der Waals surface area contributed by atoms with Crippen molar-refractivity contribution < 1.29 is 28.8 Å². The first-order valence-electron chi connectivity index (χ1n) is 8.95. The summed E-state index contributed by atoms with van der Waals surface area (Å²) < 4.78 is 23.2. The fourth-order valence-electron chi connectivity index (χ4n) is 3.77. The minimum absolute atomic E-state index is 0. The SMILES string of the molecule is CO.CO[C@H]1[C@H](C)O[C@@H](OC2Cc3ccc(C(C)=O)cc3C2)C[C@@H]1OC.I. The molecule has 1 N–H and O–H groups in total. The van der Waals surface area contributed by atoms with Gasteiger partial charge < -0.3 is 24.1 Å². The maximum Gasteiger partial charge on any atom is 0.161 e. The molecule has 0 saturated carbocycles. The molecule has 27 heavy (non-hydrogen) atoms. The number of fused-ring (bicyclic) bond motifs is 1. The lowest BCUT2D eigenvalue weighted by molar-refractivity contribution is -0.265. The van der Waals surface area contributed by atoms with Crippen LogP contribution in [0.15, 0.2) is 18.2 Å². The topological polar surface area (TPSA) is 74.2 Å². The molecule has 0 amide bonds. The summed E-state index contributed by atoms with van der Waals surface area (Å²) in [7, 11) is 4.37. The molecule has 7 heteroatoms. The molecule has 1 aromatic rings. The Kier molecular flexibility index (Phi) is 10.4. The quantitative estimate of drug-likeness (QED) is 0.502. The smallest absolute Gasteiger partial charge is 0.161 e. The molecular formula is C20H31IO6. The standard InChI is InChI=1S/C19H26O5.CH4O.HI/c1-11(20)13-5-6-14-8-16(9-15(14)7-13)24-18-10-17(21-3)19(22-4)12(2)23-18;1-2;/h5-7,12,16-19H,8-10H2,1-4H3;2H,1H3;1H/t12-,16?,17-,18-,19-;;/m0../s1. The van der Waals surface area contributed by atoms with Gasteiger partial charge in [-0.25, -0.2) is 0 Å². The molecule has 0 spiro atoms. The lowest BCUT2D eigenvalue weighted by atomic mass is 10.0. The van der Waals surface area contributed by atoms with Crippen molar-refractivity contribution >= 4 is 29.8 Å². The first kappa shape index (κ1) is 24.5. The van der Waals surface area contributed by atoms with E-state index in [-0.39, 0.29) is 60.5 Å². The van der Waals surface area contributed by atoms with Crippen LogP contribution in [-0.2, 0) is 31.8 Å². The largest absolute Gasteiger partial charge is 0.400 e. The van der Waals surface area contributed by atoms with E-state index in [0.29, 0.717) is 6.42 Å². The molecule has 3 rings (SSSR count). The van der Waals surface area contributed by atoms with Crippen LogP contribution >= 0.6 is 24.0 Å². The zero-order valence-corrected chi connectivity index (χ0v) is 19.0. The van der Waals surface area contributed by atoms with Gasteiger partial charge in [0.15, 0.2) is 12.1 Å². The molecule has 0 aromatic heterocycles. The second-order valence-corrected chi connectivity index (χ2v) is 6.69. The van der Waals surface area contributed by atoms with Gasteiger partial charge in [0.25, 0.3) is 0 Å². The van der Waals surface area contributed by atoms with E-state index < -0.39 is 0 Å². The number of Topliss-reactive ketones (excluding diaryl/α,β-unsaturated/α-hetero) is 1. The van der Waals surface area contributed by atoms with Gasteiger partial charge in [0.05, 0.1) is 18.3 Å². The predicted molar refractivity (Wildman–Crippen MR) is 113 cm³/mol. The first-order valence-corrected chi connectivity index (χ1v) is 8.95. The number of ketones is 1. The van der Waals surface area contributed by atoms with E-state index in [4.69, 9.17) is 24.1 Å². The normalized spacial score (nSPS) is 29.2. The van der Waals surface area contributed by atoms with Gasteiger partial charge in [0.2, 0.25) is 0 Å². The van der Waals surface area contributed by atoms with Gasteiger partial charge in [-0.15, -0.1) is 24.0 Å². The summed E-state index contributed by atoms with van der Waals surface area (Å²) in [5.74, 6) is 0.0974. The number of hydrogen-bond acceptors (Lipinski definition) is 6. The van der Waals surface area contributed by atoms with Crippen molar-refractivity contribution in [2.75, 3.05) is 21.3 Å². The molecule has 1 unspecified atom stereocenters. The Morgan fingerprint density at radius 1 is 1.15 bits per heavy atom. The summed E-state index contributed by atoms with van der Waals surface area (Å²) >= 11 is 0. The highest BCUT2D eigenvalue weighted by Crippen LogP contribution is 2.30. The molecule has 1 aliphatic carbocycles. The van der Waals surface area contributed by atoms with E-state index in [0.717, 1.165) is 25.5 Å². The van der Waals surface area contributed by atoms with Gasteiger partial charge in [-0.05, 0) is 43.9 Å². The number of benzene rings is 1. The number of rotatable bonds is 5. The Labute approximate surface area is 178 Å². The summed E-state index contributed by atoms with van der Waals surface area (Å²) in [6.45, 7) is 3.58. The number of carbonyl (C=O) groups excluding carboxylic acids is 1. The van der Waals surface area contributed by atoms with Crippen LogP contribution in [-0.4, -0.2) is 62.9 Å². The van der Waals surface area contributed by atoms with E-state index in [2.05, 4.69) is 0 Å². The monoisotopic (exact) mass is 494 g/mol. The van der Waals surface area contributed by atoms with Gasteiger partial charge in [0, 0.05) is 33.3 Å². The first-order chi connectivity index (χ1) is 12.5. The van der Waals surface area contributed by atoms with Crippen molar-refractivity contribution in [1.29, 1.82) is 0 Å². The van der Waals surface area contributed by atoms with Gasteiger partial charge in [-0.3, -0.25) is 4.79 Å². The lowest BCUT2D eigenvalue weighted by Crippen LogP contribution is -2.50. The summed E-state index contributed by atoms with van der Waals surface area (Å²) in [4.78, 5) is 11.5. The maximum atomic E-state index is 11.5. The fraction of sp³-hybridized carbons (Fsp3) is 0.650. The van der Waals surface area contributed by atoms with Crippen LogP contribution in [0.25, 0.3) is 0 Å². The number of methoxy groups -OCH3 is 2. The van der Waals surface area contributed by atoms with Crippen LogP contribution in [0.3, 0.4) is 0 Å². The molecule has 2 aliphatic rings. The Morgan fingerprint density at radius 3 is 2.41 bits per heavy atom. The number of halogens is 1. The highest BCUT2D eigenvalue weighted by Gasteiger charge is 2.39. The summed E-state index contributed by atoms with van der Waals surface area (Å²) in [6.07, 6.45) is 1.94. The van der Waals surface area contributed by atoms with E-state index in [1.807, 2.05) is 25.1 Å². The van der Waals surface area contributed by atoms with Crippen LogP contribution in [0, 0.1) is 0 Å². The van der Waals surface area contributed by atoms with E-state index >= 15 is 0 Å². The third-order valence-corrected chi connectivity index (χ3v) is 5.05. The van der Waals surface area contributed by atoms with Crippen molar-refractivity contribution in [2.45, 2.75) is 63.8 Å². The molecule has 154 valence electrons. The number of aliphatic hydroxyl groups excluding tert-OH is 1. The minimum Gasteiger partial charge on any atom is -0.400 e. The lowest BCUT2D eigenvalue weighted by Gasteiger charge is -2.39. The Bertz CT molecular complexity index is 608. The molecule has 0 bridgehead atoms. The second kappa shape index (κ2) is 11.4. The predicted octanol–water partition coefficient (Wildman–Crippen LogP) is 2.76. The van der Waals surface area contributed by atoms with E-state index in [1.165, 1.54) is 11.1 Å². The maximum absolute atomic E-state index is 11.5. The average molecular weight is 494 g/mol. The number of hydrogen-bond donors (Lipinski definition) is 1. The van der Waals surface area contributed by atoms with Crippen LogP contribution in [0.2, 0.25) is 0 Å². The van der Waals surface area contributed by atoms with Gasteiger partial charge in [-0.1, -0.05) is 12.1 Å². The molecule has 1 aliphatic heterocycles. The van der Waals surface area contributed by atoms with Crippen LogP contribution in [0.1, 0.15) is 41.8 Å². The molecular weight excluding hydrogens is 463 g/mol. The highest BCUT2D eigenvalue weighted by atomic mass is 127. The molecule has 1 fully saturated rings. The van der Waals surface area contributed by atoms with Crippen molar-refractivity contribution in [1.82, 2.24) is 0 Å². The zero-order chi connectivity index (χ0) is 19.3. The van der Waals surface area contributed by atoms with Crippen LogP contribution < -0.4 is 0 Å². The molecule has 1 heterocycles. The third kappa shape index (κ3) is 5.95. The number of carbonyl (C=O) groups is 1. The number of aliphatic hydroxyl groups is 1. The summed E-state index contributed by atoms with van der Waals surface area (Å²) in [5, 5.41) is 7.00. The Hall–Kier alpha value is -0.580. The van der Waals surface area contributed by atoms with Gasteiger partial charge in [-0.2, -0.15) is 0 Å². The van der Waals surface area contributed by atoms with Gasteiger partial charge >= 0.3 is 0 Å². The molecule has 1 aromatic carbocycles. The van der Waals surface area contributed by atoms with Crippen molar-refractivity contribution in [3.8, 4) is 0 Å². The molecule has 0 radical (unpaired) electrons. The molecule has 6 nitrogen and oxygen atoms in total. The molecule has 5 atom stereocenters. The zero-order valence-electron chi connectivity index (χ0n) is 16.6. The average Bonchev–Trinajstić information content (AvgIpc) is 3.04. The van der Waals surface area contributed by atoms with E-state index in [1.54, 1.807) is 21.1 Å². The highest BCUT2D eigenvalue weighted by molar-refractivity contribution is 14.0.